The molecular formula is C17H13BrClN. The Morgan fingerprint density at radius 1 is 1.00 bits per heavy atom. The molecule has 20 heavy (non-hydrogen) atoms. The molecule has 0 spiro atoms. The summed E-state index contributed by atoms with van der Waals surface area (Å²) in [6.07, 6.45) is 0.922. The minimum atomic E-state index is 0.552. The van der Waals surface area contributed by atoms with E-state index < -0.39 is 0 Å². The van der Waals surface area contributed by atoms with Gasteiger partial charge in [-0.25, -0.2) is 4.98 Å². The molecule has 0 saturated heterocycles. The normalized spacial score (nSPS) is 10.9. The summed E-state index contributed by atoms with van der Waals surface area (Å²) in [6.45, 7) is 2.07. The maximum atomic E-state index is 5.99. The van der Waals surface area contributed by atoms with Crippen LogP contribution in [-0.2, 0) is 6.42 Å². The number of hydrogen-bond donors (Lipinski definition) is 0. The molecule has 0 aliphatic heterocycles. The van der Waals surface area contributed by atoms with E-state index in [1.165, 1.54) is 16.5 Å². The van der Waals surface area contributed by atoms with Gasteiger partial charge in [-0.3, -0.25) is 0 Å². The van der Waals surface area contributed by atoms with Crippen molar-refractivity contribution in [2.45, 2.75) is 13.3 Å². The second kappa shape index (κ2) is 5.55. The third-order valence-corrected chi connectivity index (χ3v) is 4.09. The van der Waals surface area contributed by atoms with Crippen molar-refractivity contribution in [3.63, 3.8) is 0 Å². The zero-order chi connectivity index (χ0) is 14.1. The summed E-state index contributed by atoms with van der Waals surface area (Å²) in [5.74, 6) is 0. The van der Waals surface area contributed by atoms with E-state index in [9.17, 15) is 0 Å². The summed E-state index contributed by atoms with van der Waals surface area (Å²) in [4.78, 5) is 4.36. The van der Waals surface area contributed by atoms with Crippen molar-refractivity contribution in [1.29, 1.82) is 0 Å². The Morgan fingerprint density at radius 3 is 2.45 bits per heavy atom. The van der Waals surface area contributed by atoms with E-state index >= 15 is 0 Å². The lowest BCUT2D eigenvalue weighted by Crippen LogP contribution is -1.90. The van der Waals surface area contributed by atoms with E-state index in [0.717, 1.165) is 22.0 Å². The molecule has 0 aliphatic rings. The zero-order valence-corrected chi connectivity index (χ0v) is 13.4. The quantitative estimate of drug-likeness (QED) is 0.554. The van der Waals surface area contributed by atoms with Crippen LogP contribution in [-0.4, -0.2) is 4.98 Å². The SMILES string of the molecule is Cc1cc(Cl)nc2ccc(Cc3ccc(Br)cc3)cc12. The van der Waals surface area contributed by atoms with Gasteiger partial charge in [0, 0.05) is 9.86 Å². The number of hydrogen-bond acceptors (Lipinski definition) is 1. The van der Waals surface area contributed by atoms with Crippen molar-refractivity contribution in [1.82, 2.24) is 4.98 Å². The van der Waals surface area contributed by atoms with Crippen LogP contribution in [0.1, 0.15) is 16.7 Å². The van der Waals surface area contributed by atoms with Gasteiger partial charge in [0.2, 0.25) is 0 Å². The Morgan fingerprint density at radius 2 is 1.70 bits per heavy atom. The molecule has 0 radical (unpaired) electrons. The van der Waals surface area contributed by atoms with E-state index in [-0.39, 0.29) is 0 Å². The van der Waals surface area contributed by atoms with Gasteiger partial charge in [-0.05, 0) is 60.4 Å². The Balaban J connectivity index is 1.98. The number of fused-ring (bicyclic) bond motifs is 1. The first-order chi connectivity index (χ1) is 9.61. The molecule has 3 aromatic rings. The van der Waals surface area contributed by atoms with E-state index in [1.54, 1.807) is 0 Å². The highest BCUT2D eigenvalue weighted by Crippen LogP contribution is 2.23. The van der Waals surface area contributed by atoms with Crippen LogP contribution in [0, 0.1) is 6.92 Å². The summed E-state index contributed by atoms with van der Waals surface area (Å²) in [6, 6.07) is 16.7. The van der Waals surface area contributed by atoms with Crippen molar-refractivity contribution < 1.29 is 0 Å². The lowest BCUT2D eigenvalue weighted by molar-refractivity contribution is 1.19. The minimum absolute atomic E-state index is 0.552. The smallest absolute Gasteiger partial charge is 0.130 e. The topological polar surface area (TPSA) is 12.9 Å². The van der Waals surface area contributed by atoms with Crippen LogP contribution in [0.4, 0.5) is 0 Å². The Labute approximate surface area is 131 Å². The van der Waals surface area contributed by atoms with Gasteiger partial charge in [-0.2, -0.15) is 0 Å². The fraction of sp³-hybridized carbons (Fsp3) is 0.118. The number of nitrogens with zero attached hydrogens (tertiary/aromatic N) is 1. The monoisotopic (exact) mass is 345 g/mol. The molecule has 1 heterocycles. The maximum absolute atomic E-state index is 5.99. The van der Waals surface area contributed by atoms with Gasteiger partial charge in [0.15, 0.2) is 0 Å². The average Bonchev–Trinajstić information content (AvgIpc) is 2.42. The predicted molar refractivity (Wildman–Crippen MR) is 88.4 cm³/mol. The van der Waals surface area contributed by atoms with Crippen LogP contribution < -0.4 is 0 Å². The Hall–Kier alpha value is -1.38. The van der Waals surface area contributed by atoms with E-state index in [1.807, 2.05) is 12.1 Å². The zero-order valence-electron chi connectivity index (χ0n) is 11.0. The highest BCUT2D eigenvalue weighted by molar-refractivity contribution is 9.10. The second-order valence-electron chi connectivity index (χ2n) is 4.92. The average molecular weight is 347 g/mol. The van der Waals surface area contributed by atoms with Crippen molar-refractivity contribution in [2.24, 2.45) is 0 Å². The van der Waals surface area contributed by atoms with Crippen molar-refractivity contribution in [3.8, 4) is 0 Å². The molecule has 3 rings (SSSR count). The third kappa shape index (κ3) is 2.87. The Kier molecular flexibility index (Phi) is 3.77. The van der Waals surface area contributed by atoms with Crippen molar-refractivity contribution in [3.05, 3.63) is 74.8 Å². The predicted octanol–water partition coefficient (Wildman–Crippen LogP) is 5.55. The summed E-state index contributed by atoms with van der Waals surface area (Å²) in [5, 5.41) is 1.72. The number of pyridine rings is 1. The molecule has 100 valence electrons. The van der Waals surface area contributed by atoms with Crippen LogP contribution in [0.25, 0.3) is 10.9 Å². The third-order valence-electron chi connectivity index (χ3n) is 3.37. The summed E-state index contributed by atoms with van der Waals surface area (Å²) < 4.78 is 1.11. The summed E-state index contributed by atoms with van der Waals surface area (Å²) >= 11 is 9.45. The first-order valence-electron chi connectivity index (χ1n) is 6.42. The molecule has 1 nitrogen and oxygen atoms in total. The summed E-state index contributed by atoms with van der Waals surface area (Å²) in [7, 11) is 0. The largest absolute Gasteiger partial charge is 0.236 e. The van der Waals surface area contributed by atoms with Crippen molar-refractivity contribution >= 4 is 38.4 Å². The molecule has 2 aromatic carbocycles. The molecule has 0 amide bonds. The van der Waals surface area contributed by atoms with E-state index in [4.69, 9.17) is 11.6 Å². The molecule has 0 unspecified atom stereocenters. The molecule has 0 atom stereocenters. The van der Waals surface area contributed by atoms with Gasteiger partial charge in [-0.1, -0.05) is 45.7 Å². The molecule has 1 aromatic heterocycles. The molecule has 0 N–H and O–H groups in total. The van der Waals surface area contributed by atoms with Gasteiger partial charge in [-0.15, -0.1) is 0 Å². The second-order valence-corrected chi connectivity index (χ2v) is 6.22. The van der Waals surface area contributed by atoms with Gasteiger partial charge >= 0.3 is 0 Å². The molecule has 0 fully saturated rings. The van der Waals surface area contributed by atoms with E-state index in [0.29, 0.717) is 5.15 Å². The van der Waals surface area contributed by atoms with Crippen LogP contribution in [0.2, 0.25) is 5.15 Å². The van der Waals surface area contributed by atoms with Crippen LogP contribution >= 0.6 is 27.5 Å². The molecule has 0 aliphatic carbocycles. The van der Waals surface area contributed by atoms with Crippen LogP contribution in [0.15, 0.2) is 53.0 Å². The Bertz CT molecular complexity index is 766. The maximum Gasteiger partial charge on any atom is 0.130 e. The van der Waals surface area contributed by atoms with Gasteiger partial charge in [0.25, 0.3) is 0 Å². The first kappa shape index (κ1) is 13.6. The minimum Gasteiger partial charge on any atom is -0.236 e. The molecule has 0 saturated carbocycles. The molecular weight excluding hydrogens is 334 g/mol. The fourth-order valence-electron chi connectivity index (χ4n) is 2.35. The number of benzene rings is 2. The van der Waals surface area contributed by atoms with Crippen molar-refractivity contribution in [2.75, 3.05) is 0 Å². The fourth-order valence-corrected chi connectivity index (χ4v) is 2.87. The first-order valence-corrected chi connectivity index (χ1v) is 7.59. The lowest BCUT2D eigenvalue weighted by Gasteiger charge is -2.07. The highest BCUT2D eigenvalue weighted by atomic mass is 79.9. The number of halogens is 2. The van der Waals surface area contributed by atoms with Gasteiger partial charge in [0.05, 0.1) is 5.52 Å². The highest BCUT2D eigenvalue weighted by Gasteiger charge is 2.04. The van der Waals surface area contributed by atoms with E-state index in [2.05, 4.69) is 64.2 Å². The number of aromatic nitrogens is 1. The van der Waals surface area contributed by atoms with Crippen LogP contribution in [0.5, 0.6) is 0 Å². The number of aryl methyl sites for hydroxylation is 1. The molecule has 3 heteroatoms. The van der Waals surface area contributed by atoms with Crippen LogP contribution in [0.3, 0.4) is 0 Å². The lowest BCUT2D eigenvalue weighted by atomic mass is 10.0. The number of rotatable bonds is 2. The summed E-state index contributed by atoms with van der Waals surface area (Å²) in [5.41, 5.74) is 4.70. The standard InChI is InChI=1S/C17H13BrClN/c1-11-8-17(19)20-16-7-4-13(10-15(11)16)9-12-2-5-14(18)6-3-12/h2-8,10H,9H2,1H3. The van der Waals surface area contributed by atoms with Gasteiger partial charge in [0.1, 0.15) is 5.15 Å². The molecule has 0 bridgehead atoms. The van der Waals surface area contributed by atoms with Gasteiger partial charge < -0.3 is 0 Å².